The molecule has 4 nitrogen and oxygen atoms in total. The van der Waals surface area contributed by atoms with Gasteiger partial charge in [0.15, 0.2) is 11.5 Å². The Balaban J connectivity index is 0.00000704. The predicted molar refractivity (Wildman–Crippen MR) is 171 cm³/mol. The normalized spacial score (nSPS) is 12.6. The maximum Gasteiger partial charge on any atom is 0.161 e. The number of nitrogens with one attached hydrogen (secondary N) is 1. The quantitative estimate of drug-likeness (QED) is 0.0983. The molecule has 1 rings (SSSR count). The van der Waals surface area contributed by atoms with Crippen LogP contribution < -0.4 is 14.8 Å². The van der Waals surface area contributed by atoms with E-state index in [9.17, 15) is 0 Å². The average Bonchev–Trinajstić information content (AvgIpc) is 2.91. The Hall–Kier alpha value is -2.72. The van der Waals surface area contributed by atoms with Crippen molar-refractivity contribution in [1.82, 2.24) is 5.32 Å². The van der Waals surface area contributed by atoms with Crippen LogP contribution in [0.1, 0.15) is 92.2 Å². The third-order valence-corrected chi connectivity index (χ3v) is 6.34. The largest absolute Gasteiger partial charge is 0.493 e. The molecule has 0 saturated carbocycles. The topological polar surface area (TPSA) is 39.7 Å². The van der Waals surface area contributed by atoms with E-state index >= 15 is 0 Å². The summed E-state index contributed by atoms with van der Waals surface area (Å²) >= 11 is 0. The zero-order valence-electron chi connectivity index (χ0n) is 26.9. The Morgan fingerprint density at radius 3 is 2.21 bits per heavy atom. The van der Waals surface area contributed by atoms with Crippen molar-refractivity contribution in [3.63, 3.8) is 0 Å². The molecule has 0 atom stereocenters. The zero-order valence-corrected chi connectivity index (χ0v) is 26.9. The molecule has 39 heavy (non-hydrogen) atoms. The van der Waals surface area contributed by atoms with E-state index in [0.717, 1.165) is 43.9 Å². The van der Waals surface area contributed by atoms with Crippen LogP contribution in [0.15, 0.2) is 72.1 Å². The lowest BCUT2D eigenvalue weighted by atomic mass is 9.86. The number of methoxy groups -OCH3 is 2. The third kappa shape index (κ3) is 14.3. The second-order valence-corrected chi connectivity index (χ2v) is 10.5. The van der Waals surface area contributed by atoms with E-state index in [0.29, 0.717) is 18.3 Å². The van der Waals surface area contributed by atoms with Crippen molar-refractivity contribution in [3.8, 4) is 11.5 Å². The summed E-state index contributed by atoms with van der Waals surface area (Å²) in [6.07, 6.45) is 15.6. The van der Waals surface area contributed by atoms with Gasteiger partial charge in [0, 0.05) is 6.54 Å². The van der Waals surface area contributed by atoms with Gasteiger partial charge >= 0.3 is 0 Å². The second kappa shape index (κ2) is 20.2. The molecule has 0 bridgehead atoms. The van der Waals surface area contributed by atoms with Crippen molar-refractivity contribution in [3.05, 3.63) is 83.2 Å². The van der Waals surface area contributed by atoms with E-state index in [1.54, 1.807) is 14.2 Å². The first kappa shape index (κ1) is 36.3. The Labute approximate surface area is 240 Å². The monoisotopic (exact) mass is 539 g/mol. The minimum atomic E-state index is 0.115. The fourth-order valence-electron chi connectivity index (χ4n) is 4.07. The number of rotatable bonds is 16. The first-order valence-electron chi connectivity index (χ1n) is 14.5. The van der Waals surface area contributed by atoms with Crippen LogP contribution in [0.25, 0.3) is 0 Å². The van der Waals surface area contributed by atoms with E-state index in [1.165, 1.54) is 22.3 Å². The highest BCUT2D eigenvalue weighted by Gasteiger charge is 2.14. The Morgan fingerprint density at radius 2 is 1.67 bits per heavy atom. The highest BCUT2D eigenvalue weighted by Crippen LogP contribution is 2.34. The number of hydrogen-bond acceptors (Lipinski definition) is 4. The summed E-state index contributed by atoms with van der Waals surface area (Å²) in [7, 11) is 3.38. The van der Waals surface area contributed by atoms with Crippen LogP contribution in [0.5, 0.6) is 11.5 Å². The summed E-state index contributed by atoms with van der Waals surface area (Å²) < 4.78 is 16.7. The predicted octanol–water partition coefficient (Wildman–Crippen LogP) is 9.35. The Kier molecular flexibility index (Phi) is 18.8. The minimum Gasteiger partial charge on any atom is -0.493 e. The fraction of sp³-hybridized carbons (Fsp3) is 0.543. The third-order valence-electron chi connectivity index (χ3n) is 6.34. The van der Waals surface area contributed by atoms with Crippen LogP contribution in [-0.4, -0.2) is 33.9 Å². The van der Waals surface area contributed by atoms with Crippen molar-refractivity contribution in [2.24, 2.45) is 5.41 Å². The lowest BCUT2D eigenvalue weighted by molar-refractivity contribution is 0.263. The van der Waals surface area contributed by atoms with Gasteiger partial charge < -0.3 is 19.5 Å². The van der Waals surface area contributed by atoms with Crippen LogP contribution in [0.3, 0.4) is 0 Å². The Bertz CT molecular complexity index is 959. The average molecular weight is 540 g/mol. The molecule has 0 aliphatic heterocycles. The molecular formula is C35H57NO3. The van der Waals surface area contributed by atoms with Gasteiger partial charge in [-0.3, -0.25) is 0 Å². The van der Waals surface area contributed by atoms with Gasteiger partial charge in [0.25, 0.3) is 0 Å². The smallest absolute Gasteiger partial charge is 0.161 e. The molecule has 0 aliphatic carbocycles. The van der Waals surface area contributed by atoms with Gasteiger partial charge in [-0.2, -0.15) is 0 Å². The molecule has 0 amide bonds. The molecule has 0 unspecified atom stereocenters. The summed E-state index contributed by atoms with van der Waals surface area (Å²) in [6.45, 7) is 25.6. The van der Waals surface area contributed by atoms with Gasteiger partial charge in [0.2, 0.25) is 0 Å². The highest BCUT2D eigenvalue weighted by atomic mass is 16.5. The molecule has 0 fully saturated rings. The maximum absolute atomic E-state index is 5.72. The molecule has 0 radical (unpaired) electrons. The molecule has 1 aromatic rings. The molecule has 1 N–H and O–H groups in total. The zero-order chi connectivity index (χ0) is 29.8. The maximum atomic E-state index is 5.72. The van der Waals surface area contributed by atoms with Crippen LogP contribution in [-0.2, 0) is 11.2 Å². The van der Waals surface area contributed by atoms with E-state index < -0.39 is 0 Å². The summed E-state index contributed by atoms with van der Waals surface area (Å²) in [5, 5.41) is 3.61. The number of allylic oxidation sites excluding steroid dienone is 6. The van der Waals surface area contributed by atoms with Crippen molar-refractivity contribution >= 4 is 0 Å². The lowest BCUT2D eigenvalue weighted by Gasteiger charge is -2.19. The first-order chi connectivity index (χ1) is 18.6. The SMILES string of the molecule is C=C(/C=C\C(=C/C)C(C)(C)C)OC/C=C\C/C=C(\CC)CNCCc1cc(OC)c(OC)cc1C(C)C.CC. The number of hydrogen-bond donors (Lipinski definition) is 1. The molecule has 4 heteroatoms. The van der Waals surface area contributed by atoms with Crippen LogP contribution >= 0.6 is 0 Å². The van der Waals surface area contributed by atoms with E-state index in [4.69, 9.17) is 14.2 Å². The lowest BCUT2D eigenvalue weighted by Crippen LogP contribution is -2.20. The highest BCUT2D eigenvalue weighted by molar-refractivity contribution is 5.48. The van der Waals surface area contributed by atoms with Crippen molar-refractivity contribution in [1.29, 1.82) is 0 Å². The summed E-state index contributed by atoms with van der Waals surface area (Å²) in [6, 6.07) is 4.23. The number of benzene rings is 1. The fourth-order valence-corrected chi connectivity index (χ4v) is 4.07. The standard InChI is InChI=1S/C33H51NO3.C2H6/c1-11-27(16-14-13-15-21-37-26(5)17-18-29(12-2)33(6,7)8)24-34-20-19-28-22-31(35-9)32(36-10)23-30(28)25(3)4;1-2/h12-13,15-18,22-23,25,34H,5,11,14,19-21,24H2,1-4,6-10H3;1-2H3/b15-13-,18-17-,27-16+,29-12+;. The minimum absolute atomic E-state index is 0.115. The molecule has 0 saturated heterocycles. The summed E-state index contributed by atoms with van der Waals surface area (Å²) in [4.78, 5) is 0. The van der Waals surface area contributed by atoms with E-state index in [-0.39, 0.29) is 5.41 Å². The van der Waals surface area contributed by atoms with Crippen LogP contribution in [0.2, 0.25) is 0 Å². The van der Waals surface area contributed by atoms with Crippen LogP contribution in [0, 0.1) is 5.41 Å². The van der Waals surface area contributed by atoms with Gasteiger partial charge in [-0.1, -0.05) is 97.9 Å². The van der Waals surface area contributed by atoms with Crippen molar-refractivity contribution in [2.75, 3.05) is 33.9 Å². The molecule has 1 aromatic carbocycles. The van der Waals surface area contributed by atoms with Gasteiger partial charge in [0.05, 0.1) is 14.2 Å². The molecule has 0 aliphatic rings. The Morgan fingerprint density at radius 1 is 1.03 bits per heavy atom. The summed E-state index contributed by atoms with van der Waals surface area (Å²) in [5.74, 6) is 2.69. The molecular weight excluding hydrogens is 482 g/mol. The molecule has 0 spiro atoms. The van der Waals surface area contributed by atoms with Gasteiger partial charge in [-0.15, -0.1) is 0 Å². The second-order valence-electron chi connectivity index (χ2n) is 10.5. The van der Waals surface area contributed by atoms with E-state index in [2.05, 4.69) is 103 Å². The number of ether oxygens (including phenoxy) is 3. The first-order valence-corrected chi connectivity index (χ1v) is 14.5. The van der Waals surface area contributed by atoms with Gasteiger partial charge in [0.1, 0.15) is 12.4 Å². The van der Waals surface area contributed by atoms with E-state index in [1.807, 2.05) is 19.9 Å². The molecule has 220 valence electrons. The molecule has 0 heterocycles. The van der Waals surface area contributed by atoms with Gasteiger partial charge in [-0.25, -0.2) is 0 Å². The van der Waals surface area contributed by atoms with Crippen molar-refractivity contribution in [2.45, 2.75) is 87.5 Å². The summed E-state index contributed by atoms with van der Waals surface area (Å²) in [5.41, 5.74) is 5.41. The van der Waals surface area contributed by atoms with Crippen LogP contribution in [0.4, 0.5) is 0 Å². The van der Waals surface area contributed by atoms with Crippen molar-refractivity contribution < 1.29 is 14.2 Å². The van der Waals surface area contributed by atoms with Gasteiger partial charge in [-0.05, 0) is 79.0 Å². The molecule has 0 aromatic heterocycles.